The fourth-order valence-electron chi connectivity index (χ4n) is 5.45. The van der Waals surface area contributed by atoms with Crippen LogP contribution in [-0.2, 0) is 25.8 Å². The quantitative estimate of drug-likeness (QED) is 0.330. The molecular weight excluding hydrogens is 409 g/mol. The molecule has 6 rings (SSSR count). The molecule has 162 valence electrons. The number of nitrogens with zero attached hydrogens (tertiary/aromatic N) is 1. The first-order valence-electron chi connectivity index (χ1n) is 11.5. The Morgan fingerprint density at radius 3 is 2.15 bits per heavy atom. The lowest BCUT2D eigenvalue weighted by Crippen LogP contribution is -2.41. The monoisotopic (exact) mass is 433 g/mol. The predicted molar refractivity (Wildman–Crippen MR) is 129 cm³/mol. The molecule has 0 N–H and O–H groups in total. The largest absolute Gasteiger partial charge is 0.331 e. The number of amides is 1. The van der Waals surface area contributed by atoms with Crippen molar-refractivity contribution in [1.82, 2.24) is 4.90 Å². The summed E-state index contributed by atoms with van der Waals surface area (Å²) in [6.07, 6.45) is 2.43. The summed E-state index contributed by atoms with van der Waals surface area (Å²) in [5.41, 5.74) is 8.42. The second-order valence-corrected chi connectivity index (χ2v) is 9.03. The minimum Gasteiger partial charge on any atom is -0.331 e. The highest BCUT2D eigenvalue weighted by molar-refractivity contribution is 6.03. The van der Waals surface area contributed by atoms with Crippen molar-refractivity contribution in [2.45, 2.75) is 31.8 Å². The molecule has 0 aliphatic heterocycles. The van der Waals surface area contributed by atoms with Crippen LogP contribution in [0, 0.1) is 5.82 Å². The summed E-state index contributed by atoms with van der Waals surface area (Å²) < 4.78 is 14.6. The van der Waals surface area contributed by atoms with E-state index in [-0.39, 0.29) is 24.3 Å². The molecule has 3 heteroatoms. The minimum atomic E-state index is -0.269. The van der Waals surface area contributed by atoms with Gasteiger partial charge in [0, 0.05) is 23.7 Å². The highest BCUT2D eigenvalue weighted by Gasteiger charge is 2.33. The van der Waals surface area contributed by atoms with Crippen LogP contribution in [0.4, 0.5) is 4.39 Å². The Bertz CT molecular complexity index is 1350. The van der Waals surface area contributed by atoms with Crippen LogP contribution in [-0.4, -0.2) is 16.8 Å². The van der Waals surface area contributed by atoms with Gasteiger partial charge < -0.3 is 4.90 Å². The smallest absolute Gasteiger partial charge is 0.255 e. The summed E-state index contributed by atoms with van der Waals surface area (Å²) in [6, 6.07) is 29.5. The van der Waals surface area contributed by atoms with Crippen molar-refractivity contribution >= 4 is 5.91 Å². The lowest BCUT2D eigenvalue weighted by Gasteiger charge is -2.30. The normalized spacial score (nSPS) is 14.0. The van der Waals surface area contributed by atoms with Gasteiger partial charge in [-0.1, -0.05) is 78.9 Å². The van der Waals surface area contributed by atoms with Gasteiger partial charge in [-0.15, -0.1) is 0 Å². The zero-order valence-corrected chi connectivity index (χ0v) is 18.3. The maximum Gasteiger partial charge on any atom is 0.255 e. The van der Waals surface area contributed by atoms with Crippen LogP contribution in [0.3, 0.4) is 0 Å². The van der Waals surface area contributed by atoms with Gasteiger partial charge in [0.25, 0.3) is 5.91 Å². The van der Waals surface area contributed by atoms with E-state index in [1.54, 1.807) is 12.1 Å². The van der Waals surface area contributed by atoms with Crippen molar-refractivity contribution in [3.8, 4) is 11.1 Å². The summed E-state index contributed by atoms with van der Waals surface area (Å²) in [7, 11) is 0. The highest BCUT2D eigenvalue weighted by Crippen LogP contribution is 2.40. The van der Waals surface area contributed by atoms with Gasteiger partial charge in [-0.2, -0.15) is 0 Å². The van der Waals surface area contributed by atoms with Gasteiger partial charge in [0.2, 0.25) is 0 Å². The molecule has 0 radical (unpaired) electrons. The molecule has 0 atom stereocenters. The van der Waals surface area contributed by atoms with E-state index in [0.717, 1.165) is 30.4 Å². The zero-order valence-electron chi connectivity index (χ0n) is 18.3. The Kier molecular flexibility index (Phi) is 4.83. The molecular formula is C30H24FNO. The van der Waals surface area contributed by atoms with E-state index in [9.17, 15) is 9.18 Å². The van der Waals surface area contributed by atoms with E-state index >= 15 is 0 Å². The number of carbonyl (C=O) groups excluding carboxylic acids is 1. The molecule has 0 saturated heterocycles. The first-order valence-corrected chi connectivity index (χ1v) is 11.5. The maximum atomic E-state index is 14.6. The lowest BCUT2D eigenvalue weighted by molar-refractivity contribution is 0.0666. The SMILES string of the molecule is O=C(c1cccc2c1-c1ccccc1C2)N(Cc1ccccc1F)C1Cc2ccccc2C1. The Morgan fingerprint density at radius 2 is 1.39 bits per heavy atom. The van der Waals surface area contributed by atoms with Crippen LogP contribution < -0.4 is 0 Å². The number of hydrogen-bond acceptors (Lipinski definition) is 1. The molecule has 0 bridgehead atoms. The topological polar surface area (TPSA) is 20.3 Å². The third-order valence-electron chi connectivity index (χ3n) is 7.08. The molecule has 2 aliphatic carbocycles. The van der Waals surface area contributed by atoms with E-state index in [2.05, 4.69) is 30.3 Å². The molecule has 0 heterocycles. The third kappa shape index (κ3) is 3.45. The van der Waals surface area contributed by atoms with E-state index in [1.807, 2.05) is 47.4 Å². The van der Waals surface area contributed by atoms with E-state index in [4.69, 9.17) is 0 Å². The molecule has 4 aromatic rings. The molecule has 0 spiro atoms. The first kappa shape index (κ1) is 19.9. The van der Waals surface area contributed by atoms with E-state index < -0.39 is 0 Å². The summed E-state index contributed by atoms with van der Waals surface area (Å²) in [6.45, 7) is 0.259. The Hall–Kier alpha value is -3.72. The number of hydrogen-bond donors (Lipinski definition) is 0. The van der Waals surface area contributed by atoms with Crippen LogP contribution in [0.5, 0.6) is 0 Å². The zero-order chi connectivity index (χ0) is 22.4. The van der Waals surface area contributed by atoms with Crippen LogP contribution >= 0.6 is 0 Å². The van der Waals surface area contributed by atoms with Crippen LogP contribution in [0.15, 0.2) is 91.0 Å². The fraction of sp³-hybridized carbons (Fsp3) is 0.167. The summed E-state index contributed by atoms with van der Waals surface area (Å²) >= 11 is 0. The maximum absolute atomic E-state index is 14.6. The fourth-order valence-corrected chi connectivity index (χ4v) is 5.45. The average molecular weight is 434 g/mol. The van der Waals surface area contributed by atoms with Crippen molar-refractivity contribution in [2.75, 3.05) is 0 Å². The molecule has 2 nitrogen and oxygen atoms in total. The van der Waals surface area contributed by atoms with E-state index in [1.165, 1.54) is 28.3 Å². The second kappa shape index (κ2) is 8.00. The van der Waals surface area contributed by atoms with Crippen LogP contribution in [0.25, 0.3) is 11.1 Å². The summed E-state index contributed by atoms with van der Waals surface area (Å²) in [5.74, 6) is -0.293. The molecule has 4 aromatic carbocycles. The van der Waals surface area contributed by atoms with Gasteiger partial charge >= 0.3 is 0 Å². The predicted octanol–water partition coefficient (Wildman–Crippen LogP) is 6.21. The average Bonchev–Trinajstić information content (AvgIpc) is 3.44. The van der Waals surface area contributed by atoms with Gasteiger partial charge in [-0.25, -0.2) is 4.39 Å². The number of rotatable bonds is 4. The summed E-state index contributed by atoms with van der Waals surface area (Å²) in [4.78, 5) is 16.1. The molecule has 0 aromatic heterocycles. The number of benzene rings is 4. The second-order valence-electron chi connectivity index (χ2n) is 9.03. The van der Waals surface area contributed by atoms with Gasteiger partial charge in [0.1, 0.15) is 5.82 Å². The molecule has 0 unspecified atom stereocenters. The van der Waals surface area contributed by atoms with Crippen molar-refractivity contribution < 1.29 is 9.18 Å². The van der Waals surface area contributed by atoms with Gasteiger partial charge in [-0.3, -0.25) is 4.79 Å². The minimum absolute atomic E-state index is 0.00186. The molecule has 1 amide bonds. The molecule has 2 aliphatic rings. The summed E-state index contributed by atoms with van der Waals surface area (Å²) in [5, 5.41) is 0. The Balaban J connectivity index is 1.42. The number of fused-ring (bicyclic) bond motifs is 4. The van der Waals surface area contributed by atoms with Crippen molar-refractivity contribution in [2.24, 2.45) is 0 Å². The highest BCUT2D eigenvalue weighted by atomic mass is 19.1. The van der Waals surface area contributed by atoms with Crippen molar-refractivity contribution in [3.63, 3.8) is 0 Å². The van der Waals surface area contributed by atoms with Crippen LogP contribution in [0.2, 0.25) is 0 Å². The van der Waals surface area contributed by atoms with Crippen molar-refractivity contribution in [3.05, 3.63) is 130 Å². The van der Waals surface area contributed by atoms with Gasteiger partial charge in [0.15, 0.2) is 0 Å². The lowest BCUT2D eigenvalue weighted by atomic mass is 9.97. The van der Waals surface area contributed by atoms with E-state index in [0.29, 0.717) is 11.1 Å². The first-order chi connectivity index (χ1) is 16.2. The third-order valence-corrected chi connectivity index (χ3v) is 7.08. The Labute approximate surface area is 193 Å². The number of halogens is 1. The van der Waals surface area contributed by atoms with Crippen molar-refractivity contribution in [1.29, 1.82) is 0 Å². The molecule has 33 heavy (non-hydrogen) atoms. The molecule has 0 fully saturated rings. The standard InChI is InChI=1S/C30H24FNO/c31-28-15-6-4-11-24(28)19-32(25-17-20-8-1-2-9-21(20)18-25)30(33)27-14-7-12-23-16-22-10-3-5-13-26(22)29(23)27/h1-15,25H,16-19H2. The number of carbonyl (C=O) groups is 1. The Morgan fingerprint density at radius 1 is 0.758 bits per heavy atom. The van der Waals surface area contributed by atoms with Gasteiger partial charge in [-0.05, 0) is 64.8 Å². The van der Waals surface area contributed by atoms with Crippen LogP contribution in [0.1, 0.15) is 38.2 Å². The van der Waals surface area contributed by atoms with Gasteiger partial charge in [0.05, 0.1) is 0 Å². The molecule has 0 saturated carbocycles.